The number of hydrogen-bond donors (Lipinski definition) is 1. The number of halogens is 3. The molecule has 3 heterocycles. The van der Waals surface area contributed by atoms with E-state index in [9.17, 15) is 27.6 Å². The molecule has 4 amide bonds. The lowest BCUT2D eigenvalue weighted by molar-refractivity contribution is -0.274. The van der Waals surface area contributed by atoms with Crippen molar-refractivity contribution >= 4 is 24.0 Å². The molecule has 2 saturated heterocycles. The van der Waals surface area contributed by atoms with Gasteiger partial charge in [-0.2, -0.15) is 0 Å². The molecule has 1 atom stereocenters. The molecule has 0 radical (unpaired) electrons. The molecule has 186 valence electrons. The first kappa shape index (κ1) is 24.5. The predicted octanol–water partition coefficient (Wildman–Crippen LogP) is 3.00. The molecule has 2 aromatic rings. The normalized spacial score (nSPS) is 18.6. The number of carbonyl (C=O) groups is 3. The number of benzene rings is 1. The minimum Gasteiger partial charge on any atom is -0.406 e. The van der Waals surface area contributed by atoms with Crippen LogP contribution in [-0.2, 0) is 9.59 Å². The lowest BCUT2D eigenvalue weighted by Crippen LogP contribution is -2.41. The Balaban J connectivity index is 1.55. The number of carbonyl (C=O) groups excluding carboxylic acids is 3. The largest absolute Gasteiger partial charge is 0.573 e. The van der Waals surface area contributed by atoms with E-state index in [2.05, 4.69) is 27.0 Å². The summed E-state index contributed by atoms with van der Waals surface area (Å²) in [5, 5.41) is 2.60. The number of pyridine rings is 1. The summed E-state index contributed by atoms with van der Waals surface area (Å²) in [6, 6.07) is 7.20. The summed E-state index contributed by atoms with van der Waals surface area (Å²) in [7, 11) is 2.06. The Labute approximate surface area is 199 Å². The van der Waals surface area contributed by atoms with Gasteiger partial charge in [0.2, 0.25) is 6.41 Å². The Hall–Kier alpha value is -3.67. The number of alkyl halides is 3. The van der Waals surface area contributed by atoms with Gasteiger partial charge in [0.1, 0.15) is 18.5 Å². The van der Waals surface area contributed by atoms with Crippen LogP contribution < -0.4 is 15.0 Å². The number of ether oxygens (including phenoxy) is 1. The van der Waals surface area contributed by atoms with Crippen molar-refractivity contribution < 1.29 is 32.3 Å². The first-order chi connectivity index (χ1) is 16.7. The first-order valence-electron chi connectivity index (χ1n) is 11.0. The molecule has 0 bridgehead atoms. The fourth-order valence-electron chi connectivity index (χ4n) is 4.37. The van der Waals surface area contributed by atoms with Gasteiger partial charge in [0.15, 0.2) is 0 Å². The van der Waals surface area contributed by atoms with E-state index in [0.717, 1.165) is 48.7 Å². The maximum absolute atomic E-state index is 13.2. The van der Waals surface area contributed by atoms with Crippen LogP contribution in [0.15, 0.2) is 42.6 Å². The molecule has 9 nitrogen and oxygen atoms in total. The minimum absolute atomic E-state index is 0.0867. The van der Waals surface area contributed by atoms with Crippen molar-refractivity contribution in [1.82, 2.24) is 20.1 Å². The van der Waals surface area contributed by atoms with Gasteiger partial charge in [-0.05, 0) is 74.9 Å². The molecule has 0 spiro atoms. The number of imide groups is 1. The van der Waals surface area contributed by atoms with E-state index in [4.69, 9.17) is 0 Å². The highest BCUT2D eigenvalue weighted by molar-refractivity contribution is 6.19. The highest BCUT2D eigenvalue weighted by Crippen LogP contribution is 2.32. The molecule has 0 aliphatic carbocycles. The first-order valence-corrected chi connectivity index (χ1v) is 11.0. The van der Waals surface area contributed by atoms with Crippen molar-refractivity contribution in [3.63, 3.8) is 0 Å². The summed E-state index contributed by atoms with van der Waals surface area (Å²) in [6.45, 7) is 1.55. The molecule has 4 rings (SSSR count). The van der Waals surface area contributed by atoms with Crippen LogP contribution in [0.2, 0.25) is 0 Å². The monoisotopic (exact) mass is 491 g/mol. The Morgan fingerprint density at radius 2 is 1.83 bits per heavy atom. The number of likely N-dealkylation sites (tertiary alicyclic amines) is 1. The smallest absolute Gasteiger partial charge is 0.406 e. The van der Waals surface area contributed by atoms with E-state index in [1.54, 1.807) is 12.3 Å². The van der Waals surface area contributed by atoms with E-state index in [1.807, 2.05) is 6.07 Å². The summed E-state index contributed by atoms with van der Waals surface area (Å²) in [5.41, 5.74) is 1.53. The van der Waals surface area contributed by atoms with E-state index in [0.29, 0.717) is 12.0 Å². The second-order valence-electron chi connectivity index (χ2n) is 8.46. The summed E-state index contributed by atoms with van der Waals surface area (Å²) in [6.07, 6.45) is -1.85. The van der Waals surface area contributed by atoms with Crippen molar-refractivity contribution in [2.75, 3.05) is 31.6 Å². The second kappa shape index (κ2) is 9.90. The number of rotatable bonds is 7. The number of nitrogens with zero attached hydrogens (tertiary/aromatic N) is 4. The molecule has 0 saturated carbocycles. The van der Waals surface area contributed by atoms with E-state index >= 15 is 0 Å². The van der Waals surface area contributed by atoms with Crippen LogP contribution >= 0.6 is 0 Å². The summed E-state index contributed by atoms with van der Waals surface area (Å²) in [4.78, 5) is 46.1. The summed E-state index contributed by atoms with van der Waals surface area (Å²) >= 11 is 0. The lowest BCUT2D eigenvalue weighted by Gasteiger charge is -2.30. The van der Waals surface area contributed by atoms with Gasteiger partial charge < -0.3 is 15.0 Å². The van der Waals surface area contributed by atoms with Gasteiger partial charge in [-0.3, -0.25) is 19.5 Å². The van der Waals surface area contributed by atoms with Gasteiger partial charge in [0.05, 0.1) is 5.69 Å². The average molecular weight is 491 g/mol. The van der Waals surface area contributed by atoms with Crippen molar-refractivity contribution in [2.45, 2.75) is 31.3 Å². The Morgan fingerprint density at radius 3 is 2.46 bits per heavy atom. The molecule has 35 heavy (non-hydrogen) atoms. The number of piperidine rings is 1. The van der Waals surface area contributed by atoms with Crippen molar-refractivity contribution in [2.24, 2.45) is 0 Å². The number of urea groups is 1. The number of aromatic nitrogens is 1. The van der Waals surface area contributed by atoms with Crippen LogP contribution in [-0.4, -0.2) is 66.2 Å². The Kier molecular flexibility index (Phi) is 6.92. The topological polar surface area (TPSA) is 95.1 Å². The van der Waals surface area contributed by atoms with Crippen molar-refractivity contribution in [3.05, 3.63) is 53.9 Å². The summed E-state index contributed by atoms with van der Waals surface area (Å²) in [5.74, 6) is -0.814. The molecule has 2 aliphatic heterocycles. The predicted molar refractivity (Wildman–Crippen MR) is 118 cm³/mol. The molecular weight excluding hydrogens is 467 g/mol. The van der Waals surface area contributed by atoms with Crippen LogP contribution in [0, 0.1) is 0 Å². The molecule has 1 N–H and O–H groups in total. The molecule has 12 heteroatoms. The van der Waals surface area contributed by atoms with Gasteiger partial charge in [0, 0.05) is 17.8 Å². The van der Waals surface area contributed by atoms with Gasteiger partial charge in [-0.15, -0.1) is 13.2 Å². The third-order valence-corrected chi connectivity index (χ3v) is 6.12. The number of amides is 4. The zero-order valence-corrected chi connectivity index (χ0v) is 18.9. The maximum atomic E-state index is 13.2. The molecule has 1 aromatic heterocycles. The number of nitrogens with one attached hydrogen (secondary N) is 1. The fourth-order valence-corrected chi connectivity index (χ4v) is 4.37. The van der Waals surface area contributed by atoms with Crippen LogP contribution in [0.25, 0.3) is 0 Å². The molecule has 1 aromatic carbocycles. The highest BCUT2D eigenvalue weighted by Gasteiger charge is 2.41. The minimum atomic E-state index is -4.86. The van der Waals surface area contributed by atoms with E-state index in [1.165, 1.54) is 17.0 Å². The van der Waals surface area contributed by atoms with Crippen molar-refractivity contribution in [1.29, 1.82) is 0 Å². The molecular formula is C23H24F3N5O4. The van der Waals surface area contributed by atoms with Crippen LogP contribution in [0.1, 0.15) is 36.2 Å². The van der Waals surface area contributed by atoms with Gasteiger partial charge >= 0.3 is 12.4 Å². The Bertz CT molecular complexity index is 1090. The van der Waals surface area contributed by atoms with Gasteiger partial charge in [0.25, 0.3) is 5.91 Å². The fraction of sp³-hybridized carbons (Fsp3) is 0.391. The molecule has 2 aliphatic rings. The standard InChI is InChI=1S/C23H24F3N5O4/c1-29-10-7-15(8-11-29)19-12-16(6-9-27-19)21(28-14-32)30-13-20(33)31(22(30)34)17-2-4-18(5-3-17)35-23(24,25)26/h2-6,9,12,14-15,21H,7-8,10-11,13H2,1H3,(H,28,32). The molecule has 1 unspecified atom stereocenters. The van der Waals surface area contributed by atoms with Crippen LogP contribution in [0.3, 0.4) is 0 Å². The van der Waals surface area contributed by atoms with Gasteiger partial charge in [-0.1, -0.05) is 0 Å². The van der Waals surface area contributed by atoms with E-state index in [-0.39, 0.29) is 18.2 Å². The van der Waals surface area contributed by atoms with Crippen LogP contribution in [0.4, 0.5) is 23.7 Å². The molecule has 2 fully saturated rings. The number of hydrogen-bond acceptors (Lipinski definition) is 6. The maximum Gasteiger partial charge on any atom is 0.573 e. The average Bonchev–Trinajstić information content (AvgIpc) is 3.11. The van der Waals surface area contributed by atoms with Crippen molar-refractivity contribution in [3.8, 4) is 5.75 Å². The van der Waals surface area contributed by atoms with Gasteiger partial charge in [-0.25, -0.2) is 9.69 Å². The van der Waals surface area contributed by atoms with Crippen LogP contribution in [0.5, 0.6) is 5.75 Å². The quantitative estimate of drug-likeness (QED) is 0.473. The third-order valence-electron chi connectivity index (χ3n) is 6.12. The second-order valence-corrected chi connectivity index (χ2v) is 8.46. The SMILES string of the molecule is CN1CCC(c2cc(C(NC=O)N3CC(=O)N(c4ccc(OC(F)(F)F)cc4)C3=O)ccn2)CC1. The third kappa shape index (κ3) is 5.53. The lowest BCUT2D eigenvalue weighted by atomic mass is 9.92. The summed E-state index contributed by atoms with van der Waals surface area (Å²) < 4.78 is 41.1. The zero-order valence-electron chi connectivity index (χ0n) is 18.9. The Morgan fingerprint density at radius 1 is 1.14 bits per heavy atom. The zero-order chi connectivity index (χ0) is 25.2. The van der Waals surface area contributed by atoms with E-state index < -0.39 is 30.2 Å². The highest BCUT2D eigenvalue weighted by atomic mass is 19.4. The number of anilines is 1.